The van der Waals surface area contributed by atoms with Crippen LogP contribution in [0.4, 0.5) is 4.79 Å². The molecule has 1 aliphatic carbocycles. The van der Waals surface area contributed by atoms with Crippen molar-refractivity contribution in [2.45, 2.75) is 50.6 Å². The monoisotopic (exact) mass is 218 g/mol. The highest BCUT2D eigenvalue weighted by atomic mass is 32.2. The lowest BCUT2D eigenvalue weighted by molar-refractivity contribution is -0.0244. The summed E-state index contributed by atoms with van der Waals surface area (Å²) in [5, 5.41) is 0. The van der Waals surface area contributed by atoms with E-state index >= 15 is 0 Å². The summed E-state index contributed by atoms with van der Waals surface area (Å²) >= 11 is 1.49. The van der Waals surface area contributed by atoms with Crippen molar-refractivity contribution in [2.75, 3.05) is 6.26 Å². The Balaban J connectivity index is 2.32. The van der Waals surface area contributed by atoms with Crippen molar-refractivity contribution in [2.24, 2.45) is 0 Å². The molecule has 1 fully saturated rings. The molecule has 82 valence electrons. The molecule has 0 aromatic heterocycles. The average molecular weight is 218 g/mol. The Kier molecular flexibility index (Phi) is 4.11. The van der Waals surface area contributed by atoms with Gasteiger partial charge in [0, 0.05) is 0 Å². The van der Waals surface area contributed by atoms with Gasteiger partial charge in [0.2, 0.25) is 0 Å². The Morgan fingerprint density at radius 3 is 2.50 bits per heavy atom. The topological polar surface area (TPSA) is 35.5 Å². The Morgan fingerprint density at radius 1 is 1.43 bits per heavy atom. The molecule has 0 saturated heterocycles. The van der Waals surface area contributed by atoms with Crippen molar-refractivity contribution >= 4 is 17.9 Å². The highest BCUT2D eigenvalue weighted by Crippen LogP contribution is 2.33. The van der Waals surface area contributed by atoms with Gasteiger partial charge in [0.1, 0.15) is 11.0 Å². The molecule has 1 saturated carbocycles. The van der Waals surface area contributed by atoms with Crippen LogP contribution < -0.4 is 0 Å². The van der Waals surface area contributed by atoms with Gasteiger partial charge in [-0.25, -0.2) is 4.79 Å². The van der Waals surface area contributed by atoms with Crippen LogP contribution in [-0.4, -0.2) is 23.4 Å². The minimum atomic E-state index is -0.531. The molecular formula is C10H18O3S. The van der Waals surface area contributed by atoms with Gasteiger partial charge in [0.05, 0.1) is 0 Å². The first kappa shape index (κ1) is 11.7. The van der Waals surface area contributed by atoms with Crippen LogP contribution in [0.2, 0.25) is 0 Å². The van der Waals surface area contributed by atoms with E-state index in [9.17, 15) is 4.79 Å². The van der Waals surface area contributed by atoms with E-state index < -0.39 is 6.16 Å². The van der Waals surface area contributed by atoms with Gasteiger partial charge in [-0.2, -0.15) is 0 Å². The van der Waals surface area contributed by atoms with Crippen LogP contribution in [0, 0.1) is 0 Å². The van der Waals surface area contributed by atoms with E-state index in [2.05, 4.69) is 0 Å². The Hall–Kier alpha value is -0.380. The summed E-state index contributed by atoms with van der Waals surface area (Å²) in [4.78, 5) is 11.3. The molecule has 0 heterocycles. The molecule has 4 heteroatoms. The normalized spacial score (nSPS) is 21.6. The molecule has 1 rings (SSSR count). The van der Waals surface area contributed by atoms with Crippen LogP contribution in [0.15, 0.2) is 0 Å². The van der Waals surface area contributed by atoms with E-state index in [1.807, 2.05) is 20.1 Å². The second-order valence-electron chi connectivity index (χ2n) is 3.93. The molecule has 0 aromatic rings. The fourth-order valence-electron chi connectivity index (χ4n) is 1.63. The lowest BCUT2D eigenvalue weighted by atomic mass is 10.1. The summed E-state index contributed by atoms with van der Waals surface area (Å²) in [5.74, 6) is 0. The number of thioether (sulfide) groups is 1. The van der Waals surface area contributed by atoms with E-state index in [4.69, 9.17) is 9.47 Å². The van der Waals surface area contributed by atoms with Gasteiger partial charge in [-0.15, -0.1) is 11.8 Å². The van der Waals surface area contributed by atoms with E-state index in [0.717, 1.165) is 25.7 Å². The second-order valence-corrected chi connectivity index (χ2v) is 5.07. The van der Waals surface area contributed by atoms with Crippen LogP contribution in [0.3, 0.4) is 0 Å². The lowest BCUT2D eigenvalue weighted by Gasteiger charge is -2.24. The molecule has 0 radical (unpaired) electrons. The van der Waals surface area contributed by atoms with Crippen molar-refractivity contribution in [3.63, 3.8) is 0 Å². The largest absolute Gasteiger partial charge is 0.509 e. The number of carbonyl (C=O) groups is 1. The standard InChI is InChI=1S/C10H18O3S/c1-8(14-3)12-9(11)13-10(2)6-4-5-7-10/h8H,4-7H2,1-3H3. The van der Waals surface area contributed by atoms with Crippen molar-refractivity contribution in [3.05, 3.63) is 0 Å². The molecule has 1 aliphatic rings. The summed E-state index contributed by atoms with van der Waals surface area (Å²) in [6, 6.07) is 0. The summed E-state index contributed by atoms with van der Waals surface area (Å²) in [6.45, 7) is 3.81. The number of hydrogen-bond donors (Lipinski definition) is 0. The molecule has 0 amide bonds. The summed E-state index contributed by atoms with van der Waals surface area (Å²) in [7, 11) is 0. The zero-order valence-corrected chi connectivity index (χ0v) is 9.86. The van der Waals surface area contributed by atoms with Gasteiger partial charge in [0.15, 0.2) is 0 Å². The fourth-order valence-corrected chi connectivity index (χ4v) is 1.81. The molecule has 1 unspecified atom stereocenters. The number of hydrogen-bond acceptors (Lipinski definition) is 4. The molecule has 0 bridgehead atoms. The fraction of sp³-hybridized carbons (Fsp3) is 0.900. The molecule has 0 aliphatic heterocycles. The Bertz CT molecular complexity index is 200. The third kappa shape index (κ3) is 3.40. The van der Waals surface area contributed by atoms with Crippen LogP contribution in [0.5, 0.6) is 0 Å². The Labute approximate surface area is 89.5 Å². The van der Waals surface area contributed by atoms with E-state index in [0.29, 0.717) is 0 Å². The van der Waals surface area contributed by atoms with Crippen LogP contribution in [0.25, 0.3) is 0 Å². The highest BCUT2D eigenvalue weighted by molar-refractivity contribution is 7.99. The molecule has 1 atom stereocenters. The van der Waals surface area contributed by atoms with Gasteiger partial charge in [0.25, 0.3) is 0 Å². The van der Waals surface area contributed by atoms with Gasteiger partial charge < -0.3 is 9.47 Å². The quantitative estimate of drug-likeness (QED) is 0.538. The Morgan fingerprint density at radius 2 is 2.00 bits per heavy atom. The maximum atomic E-state index is 11.3. The third-order valence-electron chi connectivity index (χ3n) is 2.59. The van der Waals surface area contributed by atoms with Gasteiger partial charge in [-0.3, -0.25) is 0 Å². The minimum absolute atomic E-state index is 0.132. The molecule has 0 N–H and O–H groups in total. The first-order valence-corrected chi connectivity index (χ1v) is 6.27. The second kappa shape index (κ2) is 4.91. The average Bonchev–Trinajstić information content (AvgIpc) is 2.51. The van der Waals surface area contributed by atoms with Crippen LogP contribution in [-0.2, 0) is 9.47 Å². The minimum Gasteiger partial charge on any atom is -0.428 e. The number of carbonyl (C=O) groups excluding carboxylic acids is 1. The molecule has 0 spiro atoms. The van der Waals surface area contributed by atoms with Gasteiger partial charge in [-0.1, -0.05) is 0 Å². The first-order chi connectivity index (χ1) is 6.56. The van der Waals surface area contributed by atoms with Gasteiger partial charge >= 0.3 is 6.16 Å². The molecular weight excluding hydrogens is 200 g/mol. The highest BCUT2D eigenvalue weighted by Gasteiger charge is 2.33. The van der Waals surface area contributed by atoms with Crippen molar-refractivity contribution in [1.29, 1.82) is 0 Å². The van der Waals surface area contributed by atoms with Gasteiger partial charge in [-0.05, 0) is 45.8 Å². The predicted molar refractivity (Wildman–Crippen MR) is 57.4 cm³/mol. The maximum absolute atomic E-state index is 11.3. The van der Waals surface area contributed by atoms with E-state index in [1.54, 1.807) is 0 Å². The third-order valence-corrected chi connectivity index (χ3v) is 3.35. The first-order valence-electron chi connectivity index (χ1n) is 4.98. The SMILES string of the molecule is CSC(C)OC(=O)OC1(C)CCCC1. The van der Waals surface area contributed by atoms with E-state index in [-0.39, 0.29) is 11.0 Å². The molecule has 14 heavy (non-hydrogen) atoms. The van der Waals surface area contributed by atoms with Crippen molar-refractivity contribution in [1.82, 2.24) is 0 Å². The summed E-state index contributed by atoms with van der Waals surface area (Å²) in [5.41, 5.74) is -0.414. The molecule has 3 nitrogen and oxygen atoms in total. The van der Waals surface area contributed by atoms with Crippen molar-refractivity contribution < 1.29 is 14.3 Å². The zero-order valence-electron chi connectivity index (χ0n) is 9.04. The maximum Gasteiger partial charge on any atom is 0.509 e. The lowest BCUT2D eigenvalue weighted by Crippen LogP contribution is -2.29. The summed E-state index contributed by atoms with van der Waals surface area (Å²) < 4.78 is 10.3. The molecule has 0 aromatic carbocycles. The summed E-state index contributed by atoms with van der Waals surface area (Å²) in [6.07, 6.45) is 5.56. The predicted octanol–water partition coefficient (Wildman–Crippen LogP) is 3.18. The van der Waals surface area contributed by atoms with Crippen LogP contribution >= 0.6 is 11.8 Å². The zero-order chi connectivity index (χ0) is 10.6. The van der Waals surface area contributed by atoms with E-state index in [1.165, 1.54) is 11.8 Å². The van der Waals surface area contributed by atoms with Crippen molar-refractivity contribution in [3.8, 4) is 0 Å². The number of rotatable bonds is 3. The van der Waals surface area contributed by atoms with Crippen LogP contribution in [0.1, 0.15) is 39.5 Å². The smallest absolute Gasteiger partial charge is 0.428 e. The number of ether oxygens (including phenoxy) is 2.